The summed E-state index contributed by atoms with van der Waals surface area (Å²) in [7, 11) is 0. The van der Waals surface area contributed by atoms with Crippen LogP contribution in [-0.4, -0.2) is 18.4 Å². The predicted molar refractivity (Wildman–Crippen MR) is 94.2 cm³/mol. The first-order valence-electron chi connectivity index (χ1n) is 7.92. The Labute approximate surface area is 141 Å². The van der Waals surface area contributed by atoms with Gasteiger partial charge in [0.1, 0.15) is 5.75 Å². The second kappa shape index (κ2) is 8.15. The minimum atomic E-state index is -0.499. The summed E-state index contributed by atoms with van der Waals surface area (Å²) in [5.41, 5.74) is 7.50. The van der Waals surface area contributed by atoms with Crippen molar-refractivity contribution in [1.29, 1.82) is 0 Å². The Morgan fingerprint density at radius 1 is 1.12 bits per heavy atom. The van der Waals surface area contributed by atoms with Gasteiger partial charge in [-0.15, -0.1) is 0 Å². The van der Waals surface area contributed by atoms with Crippen LogP contribution in [0.4, 0.5) is 5.69 Å². The molecule has 0 aliphatic heterocycles. The van der Waals surface area contributed by atoms with Gasteiger partial charge in [-0.25, -0.2) is 0 Å². The summed E-state index contributed by atoms with van der Waals surface area (Å²) in [4.78, 5) is 23.1. The van der Waals surface area contributed by atoms with Gasteiger partial charge in [-0.1, -0.05) is 32.0 Å². The number of rotatable bonds is 7. The molecule has 2 amide bonds. The molecular weight excluding hydrogens is 304 g/mol. The zero-order valence-electron chi connectivity index (χ0n) is 13.9. The molecule has 3 N–H and O–H groups in total. The van der Waals surface area contributed by atoms with E-state index in [4.69, 9.17) is 10.5 Å². The lowest BCUT2D eigenvalue weighted by Gasteiger charge is -2.15. The van der Waals surface area contributed by atoms with E-state index < -0.39 is 5.91 Å². The molecule has 1 atom stereocenters. The van der Waals surface area contributed by atoms with E-state index in [1.165, 1.54) is 0 Å². The van der Waals surface area contributed by atoms with E-state index in [9.17, 15) is 9.59 Å². The number of nitrogens with two attached hydrogens (primary N) is 1. The van der Waals surface area contributed by atoms with Crippen LogP contribution in [0.2, 0.25) is 0 Å². The number of amides is 2. The molecule has 0 aliphatic carbocycles. The number of hydrogen-bond donors (Lipinski definition) is 2. The third kappa shape index (κ3) is 4.59. The standard InChI is InChI=1S/C19H22N2O3/c1-3-13(2)16-6-4-5-7-17(16)21-18(22)12-24-15-10-8-14(9-11-15)19(20)23/h4-11,13H,3,12H2,1-2H3,(H2,20,23)(H,21,22)/t13-/m1/s1. The van der Waals surface area contributed by atoms with E-state index in [1.54, 1.807) is 24.3 Å². The second-order valence-electron chi connectivity index (χ2n) is 5.62. The Balaban J connectivity index is 1.95. The van der Waals surface area contributed by atoms with Gasteiger partial charge in [0.2, 0.25) is 5.91 Å². The van der Waals surface area contributed by atoms with Crippen molar-refractivity contribution in [2.24, 2.45) is 5.73 Å². The summed E-state index contributed by atoms with van der Waals surface area (Å²) in [6.07, 6.45) is 0.996. The van der Waals surface area contributed by atoms with Crippen molar-refractivity contribution in [1.82, 2.24) is 0 Å². The van der Waals surface area contributed by atoms with Gasteiger partial charge in [0.05, 0.1) is 0 Å². The Hall–Kier alpha value is -2.82. The molecule has 0 aliphatic rings. The number of carbonyl (C=O) groups excluding carboxylic acids is 2. The van der Waals surface area contributed by atoms with E-state index in [0.29, 0.717) is 17.2 Å². The van der Waals surface area contributed by atoms with Crippen molar-refractivity contribution in [2.75, 3.05) is 11.9 Å². The first-order chi connectivity index (χ1) is 11.5. The van der Waals surface area contributed by atoms with E-state index in [-0.39, 0.29) is 12.5 Å². The van der Waals surface area contributed by atoms with Gasteiger partial charge in [0.25, 0.3) is 5.91 Å². The molecule has 0 bridgehead atoms. The van der Waals surface area contributed by atoms with Crippen LogP contribution >= 0.6 is 0 Å². The topological polar surface area (TPSA) is 81.4 Å². The van der Waals surface area contributed by atoms with Gasteiger partial charge in [-0.05, 0) is 48.2 Å². The van der Waals surface area contributed by atoms with E-state index >= 15 is 0 Å². The summed E-state index contributed by atoms with van der Waals surface area (Å²) in [5, 5.41) is 2.89. The van der Waals surface area contributed by atoms with Gasteiger partial charge in [-0.2, -0.15) is 0 Å². The van der Waals surface area contributed by atoms with Crippen LogP contribution in [0.5, 0.6) is 5.75 Å². The molecule has 0 unspecified atom stereocenters. The van der Waals surface area contributed by atoms with Gasteiger partial charge in [0.15, 0.2) is 6.61 Å². The van der Waals surface area contributed by atoms with E-state index in [0.717, 1.165) is 17.7 Å². The molecular formula is C19H22N2O3. The molecule has 0 fully saturated rings. The second-order valence-corrected chi connectivity index (χ2v) is 5.62. The molecule has 0 aromatic heterocycles. The molecule has 0 spiro atoms. The molecule has 2 aromatic carbocycles. The highest BCUT2D eigenvalue weighted by molar-refractivity contribution is 5.93. The van der Waals surface area contributed by atoms with Crippen molar-refractivity contribution in [3.63, 3.8) is 0 Å². The van der Waals surface area contributed by atoms with Crippen LogP contribution in [-0.2, 0) is 4.79 Å². The molecule has 24 heavy (non-hydrogen) atoms. The van der Waals surface area contributed by atoms with E-state index in [1.807, 2.05) is 24.3 Å². The van der Waals surface area contributed by atoms with Gasteiger partial charge in [0, 0.05) is 11.3 Å². The normalized spacial score (nSPS) is 11.6. The molecule has 126 valence electrons. The fraction of sp³-hybridized carbons (Fsp3) is 0.263. The summed E-state index contributed by atoms with van der Waals surface area (Å²) in [5.74, 6) is 0.139. The van der Waals surface area contributed by atoms with Crippen molar-refractivity contribution in [3.8, 4) is 5.75 Å². The third-order valence-corrected chi connectivity index (χ3v) is 3.89. The summed E-state index contributed by atoms with van der Waals surface area (Å²) < 4.78 is 5.44. The minimum Gasteiger partial charge on any atom is -0.484 e. The monoisotopic (exact) mass is 326 g/mol. The third-order valence-electron chi connectivity index (χ3n) is 3.89. The van der Waals surface area contributed by atoms with Gasteiger partial charge in [-0.3, -0.25) is 9.59 Å². The quantitative estimate of drug-likeness (QED) is 0.819. The summed E-state index contributed by atoms with van der Waals surface area (Å²) in [6.45, 7) is 4.13. The SMILES string of the molecule is CC[C@@H](C)c1ccccc1NC(=O)COc1ccc(C(N)=O)cc1. The average Bonchev–Trinajstić information content (AvgIpc) is 2.60. The maximum absolute atomic E-state index is 12.1. The smallest absolute Gasteiger partial charge is 0.262 e. The molecule has 5 nitrogen and oxygen atoms in total. The summed E-state index contributed by atoms with van der Waals surface area (Å²) in [6, 6.07) is 14.1. The number of anilines is 1. The first-order valence-corrected chi connectivity index (χ1v) is 7.92. The Bertz CT molecular complexity index is 711. The van der Waals surface area contributed by atoms with E-state index in [2.05, 4.69) is 19.2 Å². The number of nitrogens with one attached hydrogen (secondary N) is 1. The number of primary amides is 1. The number of hydrogen-bond acceptors (Lipinski definition) is 3. The lowest BCUT2D eigenvalue weighted by Crippen LogP contribution is -2.21. The van der Waals surface area contributed by atoms with Crippen molar-refractivity contribution in [2.45, 2.75) is 26.2 Å². The fourth-order valence-corrected chi connectivity index (χ4v) is 2.31. The van der Waals surface area contributed by atoms with Crippen LogP contribution in [0.1, 0.15) is 42.1 Å². The highest BCUT2D eigenvalue weighted by atomic mass is 16.5. The Kier molecular flexibility index (Phi) is 5.95. The number of para-hydroxylation sites is 1. The number of ether oxygens (including phenoxy) is 1. The van der Waals surface area contributed by atoms with Crippen LogP contribution in [0.25, 0.3) is 0 Å². The highest BCUT2D eigenvalue weighted by Gasteiger charge is 2.11. The molecule has 2 aromatic rings. The zero-order chi connectivity index (χ0) is 17.5. The minimum absolute atomic E-state index is 0.106. The molecule has 0 radical (unpaired) electrons. The lowest BCUT2D eigenvalue weighted by molar-refractivity contribution is -0.118. The molecule has 5 heteroatoms. The Morgan fingerprint density at radius 2 is 1.79 bits per heavy atom. The first kappa shape index (κ1) is 17.5. The van der Waals surface area contributed by atoms with Crippen LogP contribution in [0.3, 0.4) is 0 Å². The maximum atomic E-state index is 12.1. The van der Waals surface area contributed by atoms with Crippen molar-refractivity contribution < 1.29 is 14.3 Å². The molecule has 0 heterocycles. The van der Waals surface area contributed by atoms with Crippen LogP contribution in [0.15, 0.2) is 48.5 Å². The highest BCUT2D eigenvalue weighted by Crippen LogP contribution is 2.26. The van der Waals surface area contributed by atoms with Crippen molar-refractivity contribution >= 4 is 17.5 Å². The fourth-order valence-electron chi connectivity index (χ4n) is 2.31. The van der Waals surface area contributed by atoms with Gasteiger partial charge < -0.3 is 15.8 Å². The average molecular weight is 326 g/mol. The Morgan fingerprint density at radius 3 is 2.42 bits per heavy atom. The molecule has 0 saturated carbocycles. The van der Waals surface area contributed by atoms with Gasteiger partial charge >= 0.3 is 0 Å². The number of benzene rings is 2. The van der Waals surface area contributed by atoms with Crippen LogP contribution < -0.4 is 15.8 Å². The molecule has 2 rings (SSSR count). The zero-order valence-corrected chi connectivity index (χ0v) is 13.9. The lowest BCUT2D eigenvalue weighted by atomic mass is 9.97. The summed E-state index contributed by atoms with van der Waals surface area (Å²) >= 11 is 0. The molecule has 0 saturated heterocycles. The number of carbonyl (C=O) groups is 2. The predicted octanol–water partition coefficient (Wildman–Crippen LogP) is 3.32. The maximum Gasteiger partial charge on any atom is 0.262 e. The van der Waals surface area contributed by atoms with Crippen molar-refractivity contribution in [3.05, 3.63) is 59.7 Å². The van der Waals surface area contributed by atoms with Crippen LogP contribution in [0, 0.1) is 0 Å². The largest absolute Gasteiger partial charge is 0.484 e.